The van der Waals surface area contributed by atoms with Crippen LogP contribution in [0.15, 0.2) is 48.5 Å². The first-order valence-corrected chi connectivity index (χ1v) is 11.3. The number of ketones is 1. The van der Waals surface area contributed by atoms with Gasteiger partial charge in [-0.15, -0.1) is 0 Å². The number of aliphatic carboxylic acids is 1. The third kappa shape index (κ3) is 5.81. The molecular weight excluding hydrogens is 436 g/mol. The van der Waals surface area contributed by atoms with Crippen molar-refractivity contribution in [3.05, 3.63) is 65.2 Å². The van der Waals surface area contributed by atoms with Crippen LogP contribution in [0.5, 0.6) is 0 Å². The van der Waals surface area contributed by atoms with Gasteiger partial charge in [-0.25, -0.2) is 4.79 Å². The van der Waals surface area contributed by atoms with E-state index in [-0.39, 0.29) is 17.8 Å². The van der Waals surface area contributed by atoms with E-state index >= 15 is 0 Å². The molecule has 2 amide bonds. The van der Waals surface area contributed by atoms with Crippen LogP contribution in [0.2, 0.25) is 0 Å². The van der Waals surface area contributed by atoms with Gasteiger partial charge in [0.25, 0.3) is 11.7 Å². The van der Waals surface area contributed by atoms with E-state index < -0.39 is 34.8 Å². The van der Waals surface area contributed by atoms with Crippen LogP contribution in [0.25, 0.3) is 0 Å². The van der Waals surface area contributed by atoms with Crippen LogP contribution < -0.4 is 10.6 Å². The molecule has 2 aromatic rings. The van der Waals surface area contributed by atoms with Crippen LogP contribution >= 0.6 is 0 Å². The second-order valence-corrected chi connectivity index (χ2v) is 9.45. The van der Waals surface area contributed by atoms with Gasteiger partial charge in [-0.2, -0.15) is 0 Å². The molecule has 1 aliphatic carbocycles. The number of carboxylic acid groups (broad SMARTS) is 1. The van der Waals surface area contributed by atoms with Crippen LogP contribution in [0.3, 0.4) is 0 Å². The lowest BCUT2D eigenvalue weighted by Crippen LogP contribution is -2.42. The fourth-order valence-corrected chi connectivity index (χ4v) is 3.88. The molecule has 1 aliphatic rings. The summed E-state index contributed by atoms with van der Waals surface area (Å²) in [5, 5.41) is 14.9. The summed E-state index contributed by atoms with van der Waals surface area (Å²) in [5.41, 5.74) is -0.403. The summed E-state index contributed by atoms with van der Waals surface area (Å²) in [6.07, 6.45) is 1.41. The van der Waals surface area contributed by atoms with Gasteiger partial charge in [-0.3, -0.25) is 19.7 Å². The van der Waals surface area contributed by atoms with Crippen molar-refractivity contribution in [1.82, 2.24) is 5.32 Å². The molecule has 0 spiro atoms. The number of carbonyl (C=O) groups is 4. The Hall–Kier alpha value is -3.68. The standard InChI is InChI=1S/C26H30N2O6/c1-25(2,3)34-24(33)28-20-11-10-18(26(23(31)32)13-7-14-26)16-19(20)21(29)22(30)27-15-12-17-8-5-4-6-9-17/h4-6,8-11,16H,7,12-15H2,1-3H3,(H,27,30)(H,28,33)(H,31,32). The molecule has 0 saturated heterocycles. The Morgan fingerprint density at radius 1 is 1.03 bits per heavy atom. The van der Waals surface area contributed by atoms with Crippen molar-refractivity contribution in [2.24, 2.45) is 0 Å². The average Bonchev–Trinajstić information content (AvgIpc) is 2.72. The summed E-state index contributed by atoms with van der Waals surface area (Å²) in [6.45, 7) is 5.36. The Bertz CT molecular complexity index is 1080. The van der Waals surface area contributed by atoms with Crippen LogP contribution in [0, 0.1) is 0 Å². The van der Waals surface area contributed by atoms with E-state index in [9.17, 15) is 24.3 Å². The molecule has 0 bridgehead atoms. The molecule has 0 atom stereocenters. The Morgan fingerprint density at radius 3 is 2.26 bits per heavy atom. The van der Waals surface area contributed by atoms with E-state index in [1.165, 1.54) is 12.1 Å². The Balaban J connectivity index is 1.84. The Labute approximate surface area is 198 Å². The highest BCUT2D eigenvalue weighted by atomic mass is 16.6. The van der Waals surface area contributed by atoms with Gasteiger partial charge in [0.1, 0.15) is 5.60 Å². The zero-order valence-electron chi connectivity index (χ0n) is 19.6. The number of benzene rings is 2. The third-order valence-corrected chi connectivity index (χ3v) is 5.82. The summed E-state index contributed by atoms with van der Waals surface area (Å²) in [6, 6.07) is 13.9. The van der Waals surface area contributed by atoms with E-state index in [0.717, 1.165) is 12.0 Å². The maximum absolute atomic E-state index is 13.1. The van der Waals surface area contributed by atoms with Gasteiger partial charge in [-0.1, -0.05) is 42.8 Å². The topological polar surface area (TPSA) is 122 Å². The number of nitrogens with one attached hydrogen (secondary N) is 2. The van der Waals surface area contributed by atoms with Crippen molar-refractivity contribution < 1.29 is 29.0 Å². The van der Waals surface area contributed by atoms with Gasteiger partial charge in [0, 0.05) is 6.54 Å². The minimum Gasteiger partial charge on any atom is -0.481 e. The van der Waals surface area contributed by atoms with Crippen molar-refractivity contribution in [3.8, 4) is 0 Å². The SMILES string of the molecule is CC(C)(C)OC(=O)Nc1ccc(C2(C(=O)O)CCC2)cc1C(=O)C(=O)NCCc1ccccc1. The normalized spacial score (nSPS) is 14.4. The molecule has 0 aliphatic heterocycles. The smallest absolute Gasteiger partial charge is 0.412 e. The summed E-state index contributed by atoms with van der Waals surface area (Å²) in [7, 11) is 0. The maximum atomic E-state index is 13.1. The number of amides is 2. The molecule has 3 N–H and O–H groups in total. The number of carboxylic acids is 1. The van der Waals surface area contributed by atoms with Gasteiger partial charge < -0.3 is 15.2 Å². The molecule has 1 fully saturated rings. The van der Waals surface area contributed by atoms with Gasteiger partial charge in [0.2, 0.25) is 0 Å². The van der Waals surface area contributed by atoms with E-state index in [1.54, 1.807) is 26.8 Å². The second kappa shape index (κ2) is 10.1. The molecule has 2 aromatic carbocycles. The Morgan fingerprint density at radius 2 is 1.71 bits per heavy atom. The molecular formula is C26H30N2O6. The van der Waals surface area contributed by atoms with Crippen molar-refractivity contribution in [2.75, 3.05) is 11.9 Å². The predicted molar refractivity (Wildman–Crippen MR) is 127 cm³/mol. The first-order valence-electron chi connectivity index (χ1n) is 11.3. The van der Waals surface area contributed by atoms with Gasteiger partial charge in [0.05, 0.1) is 16.7 Å². The number of anilines is 1. The molecule has 1 saturated carbocycles. The van der Waals surface area contributed by atoms with Crippen LogP contribution in [-0.2, 0) is 26.2 Å². The molecule has 8 heteroatoms. The number of rotatable bonds is 8. The zero-order chi connectivity index (χ0) is 24.9. The molecule has 180 valence electrons. The molecule has 0 aromatic heterocycles. The fraction of sp³-hybridized carbons (Fsp3) is 0.385. The summed E-state index contributed by atoms with van der Waals surface area (Å²) in [5.74, 6) is -2.67. The van der Waals surface area contributed by atoms with Gasteiger partial charge in [0.15, 0.2) is 0 Å². The molecule has 8 nitrogen and oxygen atoms in total. The van der Waals surface area contributed by atoms with Crippen molar-refractivity contribution in [1.29, 1.82) is 0 Å². The van der Waals surface area contributed by atoms with E-state index in [4.69, 9.17) is 4.74 Å². The first-order chi connectivity index (χ1) is 16.0. The maximum Gasteiger partial charge on any atom is 0.412 e. The summed E-state index contributed by atoms with van der Waals surface area (Å²) in [4.78, 5) is 50.0. The van der Waals surface area contributed by atoms with Crippen molar-refractivity contribution >= 4 is 29.4 Å². The van der Waals surface area contributed by atoms with Crippen molar-refractivity contribution in [3.63, 3.8) is 0 Å². The van der Waals surface area contributed by atoms with E-state index in [1.807, 2.05) is 30.3 Å². The molecule has 34 heavy (non-hydrogen) atoms. The molecule has 0 unspecified atom stereocenters. The number of hydrogen-bond donors (Lipinski definition) is 3. The fourth-order valence-electron chi connectivity index (χ4n) is 3.88. The highest BCUT2D eigenvalue weighted by molar-refractivity contribution is 6.44. The van der Waals surface area contributed by atoms with E-state index in [0.29, 0.717) is 24.8 Å². The average molecular weight is 467 g/mol. The van der Waals surface area contributed by atoms with Crippen LogP contribution in [0.1, 0.15) is 61.5 Å². The monoisotopic (exact) mass is 466 g/mol. The number of Topliss-reactive ketones (excluding diaryl/α,β-unsaturated/α-hetero) is 1. The van der Waals surface area contributed by atoms with Crippen LogP contribution in [0.4, 0.5) is 10.5 Å². The largest absolute Gasteiger partial charge is 0.481 e. The third-order valence-electron chi connectivity index (χ3n) is 5.82. The molecule has 0 heterocycles. The lowest BCUT2D eigenvalue weighted by atomic mass is 9.64. The number of ether oxygens (including phenoxy) is 1. The van der Waals surface area contributed by atoms with E-state index in [2.05, 4.69) is 10.6 Å². The molecule has 3 rings (SSSR count). The number of hydrogen-bond acceptors (Lipinski definition) is 5. The van der Waals surface area contributed by atoms with Gasteiger partial charge >= 0.3 is 12.1 Å². The second-order valence-electron chi connectivity index (χ2n) is 9.45. The Kier molecular flexibility index (Phi) is 7.39. The minimum absolute atomic E-state index is 0.0758. The highest BCUT2D eigenvalue weighted by Gasteiger charge is 2.46. The highest BCUT2D eigenvalue weighted by Crippen LogP contribution is 2.44. The lowest BCUT2D eigenvalue weighted by molar-refractivity contribution is -0.147. The van der Waals surface area contributed by atoms with Gasteiger partial charge in [-0.05, 0) is 63.3 Å². The zero-order valence-corrected chi connectivity index (χ0v) is 19.6. The quantitative estimate of drug-likeness (QED) is 0.398. The first kappa shape index (κ1) is 25.0. The van der Waals surface area contributed by atoms with Crippen molar-refractivity contribution in [2.45, 2.75) is 57.5 Å². The number of carbonyl (C=O) groups excluding carboxylic acids is 3. The lowest BCUT2D eigenvalue weighted by Gasteiger charge is -2.38. The minimum atomic E-state index is -1.09. The summed E-state index contributed by atoms with van der Waals surface area (Å²) >= 11 is 0. The van der Waals surface area contributed by atoms with Crippen LogP contribution in [-0.4, -0.2) is 41.0 Å². The molecule has 0 radical (unpaired) electrons. The predicted octanol–water partition coefficient (Wildman–Crippen LogP) is 4.08. The summed E-state index contributed by atoms with van der Waals surface area (Å²) < 4.78 is 5.26.